The fraction of sp³-hybridized carbons (Fsp3) is 0.364. The zero-order valence-electron chi connectivity index (χ0n) is 10.1. The molecule has 2 rings (SSSR count). The Morgan fingerprint density at radius 3 is 2.40 bits per heavy atom. The monoisotopic (exact) mass is 340 g/mol. The van der Waals surface area contributed by atoms with Crippen molar-refractivity contribution in [1.82, 2.24) is 4.98 Å². The number of hydrogen-bond donors (Lipinski definition) is 0. The number of carbonyl (C=O) groups is 2. The van der Waals surface area contributed by atoms with Crippen LogP contribution in [0.3, 0.4) is 0 Å². The van der Waals surface area contributed by atoms with Crippen LogP contribution in [-0.2, 0) is 9.59 Å². The largest absolute Gasteiger partial charge is 0.308 e. The lowest BCUT2D eigenvalue weighted by Gasteiger charge is -2.19. The Labute approximate surface area is 127 Å². The van der Waals surface area contributed by atoms with Crippen LogP contribution in [0.2, 0.25) is 10.0 Å². The van der Waals surface area contributed by atoms with Gasteiger partial charge in [0.15, 0.2) is 5.12 Å². The minimum Gasteiger partial charge on any atom is -0.308 e. The van der Waals surface area contributed by atoms with Gasteiger partial charge in [-0.1, -0.05) is 35.0 Å². The van der Waals surface area contributed by atoms with E-state index in [1.165, 1.54) is 6.92 Å². The number of anilines is 1. The third-order valence-corrected chi connectivity index (χ3v) is 4.32. The molecule has 1 aromatic heterocycles. The second-order valence-corrected chi connectivity index (χ2v) is 6.34. The molecule has 0 radical (unpaired) electrons. The SMILES string of the molecule is CC(=O)SC1CC(=O)N(c2c(Cl)c(F)nc(F)c2Cl)C1. The van der Waals surface area contributed by atoms with Crippen molar-refractivity contribution in [3.63, 3.8) is 0 Å². The first-order valence-electron chi connectivity index (χ1n) is 5.48. The summed E-state index contributed by atoms with van der Waals surface area (Å²) in [5, 5.41) is -1.48. The van der Waals surface area contributed by atoms with E-state index in [1.54, 1.807) is 0 Å². The van der Waals surface area contributed by atoms with Crippen molar-refractivity contribution in [1.29, 1.82) is 0 Å². The Morgan fingerprint density at radius 1 is 1.35 bits per heavy atom. The van der Waals surface area contributed by atoms with E-state index in [4.69, 9.17) is 23.2 Å². The zero-order chi connectivity index (χ0) is 15.0. The number of halogens is 4. The standard InChI is InChI=1S/C11H8Cl2F2N2O2S/c1-4(18)20-5-2-6(19)17(3-5)9-7(12)10(14)16-11(15)8(9)13/h5H,2-3H2,1H3. The van der Waals surface area contributed by atoms with Crippen LogP contribution >= 0.6 is 35.0 Å². The molecule has 1 aliphatic heterocycles. The van der Waals surface area contributed by atoms with Gasteiger partial charge < -0.3 is 4.90 Å². The van der Waals surface area contributed by atoms with Crippen molar-refractivity contribution in [3.8, 4) is 0 Å². The van der Waals surface area contributed by atoms with Crippen LogP contribution in [0.1, 0.15) is 13.3 Å². The number of carbonyl (C=O) groups excluding carboxylic acids is 2. The van der Waals surface area contributed by atoms with Crippen LogP contribution in [0.15, 0.2) is 0 Å². The van der Waals surface area contributed by atoms with Crippen molar-refractivity contribution < 1.29 is 18.4 Å². The molecule has 1 aliphatic rings. The zero-order valence-corrected chi connectivity index (χ0v) is 12.5. The third kappa shape index (κ3) is 2.89. The molecule has 0 aliphatic carbocycles. The van der Waals surface area contributed by atoms with E-state index in [0.717, 1.165) is 16.7 Å². The molecule has 4 nitrogen and oxygen atoms in total. The fourth-order valence-corrected chi connectivity index (χ4v) is 3.36. The van der Waals surface area contributed by atoms with Gasteiger partial charge in [0, 0.05) is 25.1 Å². The number of rotatable bonds is 2. The van der Waals surface area contributed by atoms with Gasteiger partial charge in [-0.05, 0) is 0 Å². The summed E-state index contributed by atoms with van der Waals surface area (Å²) in [7, 11) is 0. The summed E-state index contributed by atoms with van der Waals surface area (Å²) in [5.74, 6) is -2.88. The van der Waals surface area contributed by atoms with Crippen LogP contribution in [0.25, 0.3) is 0 Å². The average molecular weight is 341 g/mol. The predicted molar refractivity (Wildman–Crippen MR) is 73.2 cm³/mol. The normalized spacial score (nSPS) is 18.8. The molecule has 1 amide bonds. The minimum atomic E-state index is -1.24. The first-order chi connectivity index (χ1) is 9.31. The van der Waals surface area contributed by atoms with E-state index in [1.807, 2.05) is 0 Å². The molecule has 20 heavy (non-hydrogen) atoms. The van der Waals surface area contributed by atoms with Crippen LogP contribution < -0.4 is 4.90 Å². The van der Waals surface area contributed by atoms with Crippen molar-refractivity contribution in [2.75, 3.05) is 11.4 Å². The number of thioether (sulfide) groups is 1. The van der Waals surface area contributed by atoms with Gasteiger partial charge >= 0.3 is 0 Å². The maximum absolute atomic E-state index is 13.4. The third-order valence-electron chi connectivity index (χ3n) is 2.67. The molecule has 1 fully saturated rings. The maximum atomic E-state index is 13.4. The van der Waals surface area contributed by atoms with Crippen LogP contribution in [0.4, 0.5) is 14.5 Å². The average Bonchev–Trinajstić information content (AvgIpc) is 2.67. The van der Waals surface area contributed by atoms with E-state index in [9.17, 15) is 18.4 Å². The van der Waals surface area contributed by atoms with Gasteiger partial charge in [-0.2, -0.15) is 13.8 Å². The molecule has 1 unspecified atom stereocenters. The Balaban J connectivity index is 2.38. The maximum Gasteiger partial charge on any atom is 0.236 e. The van der Waals surface area contributed by atoms with Gasteiger partial charge in [-0.15, -0.1) is 0 Å². The van der Waals surface area contributed by atoms with Crippen molar-refractivity contribution in [2.45, 2.75) is 18.6 Å². The topological polar surface area (TPSA) is 50.3 Å². The van der Waals surface area contributed by atoms with Gasteiger partial charge in [0.2, 0.25) is 17.8 Å². The van der Waals surface area contributed by atoms with Crippen molar-refractivity contribution in [3.05, 3.63) is 21.9 Å². The first kappa shape index (κ1) is 15.5. The number of amides is 1. The molecule has 0 bridgehead atoms. The molecule has 108 valence electrons. The Bertz CT molecular complexity index is 574. The molecule has 0 saturated carbocycles. The molecule has 0 aromatic carbocycles. The minimum absolute atomic E-state index is 0.0719. The van der Waals surface area contributed by atoms with Crippen LogP contribution in [0, 0.1) is 11.9 Å². The van der Waals surface area contributed by atoms with Gasteiger partial charge in [-0.3, -0.25) is 9.59 Å². The van der Waals surface area contributed by atoms with Crippen molar-refractivity contribution in [2.24, 2.45) is 0 Å². The van der Waals surface area contributed by atoms with Crippen molar-refractivity contribution >= 4 is 51.7 Å². The van der Waals surface area contributed by atoms with E-state index in [-0.39, 0.29) is 29.0 Å². The van der Waals surface area contributed by atoms with E-state index in [2.05, 4.69) is 4.98 Å². The van der Waals surface area contributed by atoms with E-state index >= 15 is 0 Å². The molecule has 1 aromatic rings. The van der Waals surface area contributed by atoms with Crippen LogP contribution in [-0.4, -0.2) is 27.8 Å². The summed E-state index contributed by atoms with van der Waals surface area (Å²) >= 11 is 12.4. The number of nitrogens with zero attached hydrogens (tertiary/aromatic N) is 2. The molecule has 2 heterocycles. The highest BCUT2D eigenvalue weighted by molar-refractivity contribution is 8.14. The van der Waals surface area contributed by atoms with E-state index < -0.39 is 27.8 Å². The highest BCUT2D eigenvalue weighted by atomic mass is 35.5. The summed E-state index contributed by atoms with van der Waals surface area (Å²) in [6.45, 7) is 1.48. The summed E-state index contributed by atoms with van der Waals surface area (Å²) in [6, 6.07) is 0. The Kier molecular flexibility index (Phi) is 4.51. The second-order valence-electron chi connectivity index (χ2n) is 4.11. The highest BCUT2D eigenvalue weighted by Gasteiger charge is 2.35. The summed E-state index contributed by atoms with van der Waals surface area (Å²) in [6.07, 6.45) is 0.0719. The second kappa shape index (κ2) is 5.83. The summed E-state index contributed by atoms with van der Waals surface area (Å²) in [5.41, 5.74) is -0.241. The molecule has 0 spiro atoms. The summed E-state index contributed by atoms with van der Waals surface area (Å²) in [4.78, 5) is 26.9. The molecule has 1 saturated heterocycles. The van der Waals surface area contributed by atoms with Crippen LogP contribution in [0.5, 0.6) is 0 Å². The lowest BCUT2D eigenvalue weighted by atomic mass is 10.3. The molecular weight excluding hydrogens is 333 g/mol. The van der Waals surface area contributed by atoms with Gasteiger partial charge in [0.25, 0.3) is 0 Å². The smallest absolute Gasteiger partial charge is 0.236 e. The lowest BCUT2D eigenvalue weighted by molar-refractivity contribution is -0.117. The van der Waals surface area contributed by atoms with Gasteiger partial charge in [0.05, 0.1) is 5.69 Å². The number of hydrogen-bond acceptors (Lipinski definition) is 4. The molecule has 1 atom stereocenters. The molecule has 9 heteroatoms. The predicted octanol–water partition coefficient (Wildman–Crippen LogP) is 3.05. The first-order valence-corrected chi connectivity index (χ1v) is 7.12. The van der Waals surface area contributed by atoms with Gasteiger partial charge in [-0.25, -0.2) is 0 Å². The fourth-order valence-electron chi connectivity index (χ4n) is 1.92. The lowest BCUT2D eigenvalue weighted by Crippen LogP contribution is -2.26. The van der Waals surface area contributed by atoms with E-state index in [0.29, 0.717) is 0 Å². The Hall–Kier alpha value is -0.920. The highest BCUT2D eigenvalue weighted by Crippen LogP contribution is 2.39. The quantitative estimate of drug-likeness (QED) is 0.776. The van der Waals surface area contributed by atoms with Gasteiger partial charge in [0.1, 0.15) is 10.0 Å². The number of pyridine rings is 1. The Morgan fingerprint density at radius 2 is 1.90 bits per heavy atom. The molecular formula is C11H8Cl2F2N2O2S. The number of aromatic nitrogens is 1. The summed E-state index contributed by atoms with van der Waals surface area (Å²) < 4.78 is 26.7. The molecule has 0 N–H and O–H groups in total.